The molecule has 0 amide bonds. The molecular weight excluding hydrogens is 1540 g/mol. The highest BCUT2D eigenvalue weighted by Gasteiger charge is 2.44. The van der Waals surface area contributed by atoms with E-state index in [1.165, 1.54) is 4.57 Å². The predicted molar refractivity (Wildman–Crippen MR) is 342 cm³/mol. The van der Waals surface area contributed by atoms with Crippen molar-refractivity contribution in [1.82, 2.24) is 9.13 Å². The van der Waals surface area contributed by atoms with Crippen LogP contribution in [0.2, 0.25) is 0 Å². The van der Waals surface area contributed by atoms with E-state index in [1.54, 1.807) is 0 Å². The highest BCUT2D eigenvalue weighted by Crippen LogP contribution is 2.51. The molecule has 0 unspecified atom stereocenters. The molecule has 2 aromatic heterocycles. The Morgan fingerprint density at radius 1 is 0.200 bits per heavy atom. The molecular formula is C77H33F30N3. The Balaban J connectivity index is 1.17. The predicted octanol–water partition coefficient (Wildman–Crippen LogP) is 27.9. The average Bonchev–Trinajstić information content (AvgIpc) is 1.55. The van der Waals surface area contributed by atoms with Gasteiger partial charge in [-0.15, -0.1) is 0 Å². The summed E-state index contributed by atoms with van der Waals surface area (Å²) in [6.07, 6.45) is -54.9. The molecule has 0 radical (unpaired) electrons. The third-order valence-electron chi connectivity index (χ3n) is 18.1. The fourth-order valence-corrected chi connectivity index (χ4v) is 13.1. The van der Waals surface area contributed by atoms with Crippen molar-refractivity contribution in [3.8, 4) is 84.2 Å². The quantitative estimate of drug-likeness (QED) is 0.140. The second kappa shape index (κ2) is 25.8. The van der Waals surface area contributed by atoms with E-state index in [1.807, 2.05) is 6.07 Å². The topological polar surface area (TPSA) is 33.6 Å². The Bertz CT molecular complexity index is 5560. The first-order chi connectivity index (χ1) is 50.7. The van der Waals surface area contributed by atoms with Crippen molar-refractivity contribution < 1.29 is 132 Å². The van der Waals surface area contributed by atoms with Gasteiger partial charge in [0.15, 0.2) is 0 Å². The number of alkyl halides is 30. The third kappa shape index (κ3) is 14.6. The lowest BCUT2D eigenvalue weighted by molar-refractivity contribution is -0.144. The highest BCUT2D eigenvalue weighted by molar-refractivity contribution is 6.14. The molecule has 0 saturated heterocycles. The minimum atomic E-state index is -5.67. The van der Waals surface area contributed by atoms with Crippen LogP contribution in [0.15, 0.2) is 200 Å². The van der Waals surface area contributed by atoms with Crippen LogP contribution in [0.25, 0.3) is 122 Å². The summed E-state index contributed by atoms with van der Waals surface area (Å²) >= 11 is 0. The van der Waals surface area contributed by atoms with Gasteiger partial charge in [0.25, 0.3) is 0 Å². The lowest BCUT2D eigenvalue weighted by Crippen LogP contribution is -2.12. The van der Waals surface area contributed by atoms with E-state index in [4.69, 9.17) is 0 Å². The number of hydrogen-bond donors (Lipinski definition) is 0. The minimum Gasteiger partial charge on any atom is -0.309 e. The molecule has 0 N–H and O–H groups in total. The van der Waals surface area contributed by atoms with Gasteiger partial charge in [-0.2, -0.15) is 137 Å². The third-order valence-corrected chi connectivity index (χ3v) is 18.1. The molecule has 2 heterocycles. The number of benzene rings is 11. The van der Waals surface area contributed by atoms with Crippen LogP contribution in [-0.2, 0) is 61.8 Å². The summed E-state index contributed by atoms with van der Waals surface area (Å²) in [5.41, 5.74) is -28.6. The van der Waals surface area contributed by atoms with Crippen molar-refractivity contribution in [3.05, 3.63) is 261 Å². The number of rotatable bonds is 8. The molecule has 0 fully saturated rings. The van der Waals surface area contributed by atoms with Gasteiger partial charge in [0.1, 0.15) is 0 Å². The summed E-state index contributed by atoms with van der Waals surface area (Å²) in [6, 6.07) is 21.4. The summed E-state index contributed by atoms with van der Waals surface area (Å²) < 4.78 is 439. The van der Waals surface area contributed by atoms with Gasteiger partial charge in [-0.05, 0) is 219 Å². The standard InChI is InChI=1S/C77H33F30N3/c78-68(79,80)45-7-8-54(61(33-45)77(105,106)107)40-6-14-67(110-65-12-4-38(43-20-50(73(93,94)95)31-51(21-43)74(96,97)98)26-58(65)59-27-39(5-13-66(59)110)44-22-52(75(99,100)101)32-53(23-44)76(102,103)104)60(28-40)55-15-35(34-108)1-9-62(55)109-63-10-2-36(41-16-46(69(81,82)83)29-47(17-41)70(84,85)86)24-56(63)57-25-37(3-11-64(57)109)42-18-48(71(87,88)89)30-49(19-42)72(90,91)92/h1-33H. The highest BCUT2D eigenvalue weighted by atomic mass is 19.4. The zero-order valence-corrected chi connectivity index (χ0v) is 53.7. The molecule has 0 aliphatic rings. The molecule has 0 aliphatic heterocycles. The van der Waals surface area contributed by atoms with Crippen molar-refractivity contribution >= 4 is 43.6 Å². The fourth-order valence-electron chi connectivity index (χ4n) is 13.1. The van der Waals surface area contributed by atoms with Gasteiger partial charge in [-0.3, -0.25) is 0 Å². The van der Waals surface area contributed by atoms with Crippen molar-refractivity contribution in [2.75, 3.05) is 0 Å². The van der Waals surface area contributed by atoms with E-state index in [0.717, 1.165) is 114 Å². The Morgan fingerprint density at radius 3 is 0.709 bits per heavy atom. The Kier molecular flexibility index (Phi) is 18.0. The van der Waals surface area contributed by atoms with E-state index in [0.29, 0.717) is 54.6 Å². The number of fused-ring (bicyclic) bond motifs is 6. The van der Waals surface area contributed by atoms with Crippen molar-refractivity contribution in [1.29, 1.82) is 5.26 Å². The normalized spacial score (nSPS) is 13.4. The molecule has 0 aliphatic carbocycles. The molecule has 566 valence electrons. The summed E-state index contributed by atoms with van der Waals surface area (Å²) in [5, 5.41) is 9.40. The summed E-state index contributed by atoms with van der Waals surface area (Å²) in [4.78, 5) is 0. The Labute approximate surface area is 595 Å². The van der Waals surface area contributed by atoms with Gasteiger partial charge < -0.3 is 9.13 Å². The minimum absolute atomic E-state index is 0.219. The lowest BCUT2D eigenvalue weighted by Gasteiger charge is -2.21. The molecule has 0 bridgehead atoms. The van der Waals surface area contributed by atoms with Crippen molar-refractivity contribution in [2.45, 2.75) is 61.8 Å². The number of nitriles is 1. The van der Waals surface area contributed by atoms with Crippen LogP contribution in [0, 0.1) is 11.3 Å². The average molecular weight is 1570 g/mol. The van der Waals surface area contributed by atoms with Crippen molar-refractivity contribution in [2.24, 2.45) is 0 Å². The number of hydrogen-bond acceptors (Lipinski definition) is 1. The Hall–Kier alpha value is -11.6. The molecule has 110 heavy (non-hydrogen) atoms. The van der Waals surface area contributed by atoms with Gasteiger partial charge in [0.2, 0.25) is 0 Å². The summed E-state index contributed by atoms with van der Waals surface area (Å²) in [7, 11) is 0. The van der Waals surface area contributed by atoms with E-state index in [-0.39, 0.29) is 85.7 Å². The summed E-state index contributed by atoms with van der Waals surface area (Å²) in [6.45, 7) is 0. The first kappa shape index (κ1) is 76.6. The molecule has 13 rings (SSSR count). The van der Waals surface area contributed by atoms with E-state index < -0.39 is 195 Å². The molecule has 33 heteroatoms. The monoisotopic (exact) mass is 1570 g/mol. The fraction of sp³-hybridized carbons (Fsp3) is 0.130. The van der Waals surface area contributed by atoms with Crippen LogP contribution in [0.1, 0.15) is 61.2 Å². The molecule has 0 spiro atoms. The van der Waals surface area contributed by atoms with Crippen LogP contribution in [0.5, 0.6) is 0 Å². The van der Waals surface area contributed by atoms with Crippen LogP contribution >= 0.6 is 0 Å². The van der Waals surface area contributed by atoms with Gasteiger partial charge in [0.05, 0.1) is 101 Å². The molecule has 13 aromatic rings. The number of halogens is 30. The zero-order valence-electron chi connectivity index (χ0n) is 53.7. The van der Waals surface area contributed by atoms with Gasteiger partial charge in [0, 0.05) is 32.7 Å². The van der Waals surface area contributed by atoms with Gasteiger partial charge >= 0.3 is 61.8 Å². The zero-order chi connectivity index (χ0) is 80.2. The van der Waals surface area contributed by atoms with E-state index in [2.05, 4.69) is 0 Å². The number of aromatic nitrogens is 2. The Morgan fingerprint density at radius 2 is 0.455 bits per heavy atom. The van der Waals surface area contributed by atoms with E-state index in [9.17, 15) is 124 Å². The second-order valence-corrected chi connectivity index (χ2v) is 25.1. The van der Waals surface area contributed by atoms with Crippen LogP contribution in [0.4, 0.5) is 132 Å². The number of nitrogens with zero attached hydrogens (tertiary/aromatic N) is 3. The second-order valence-electron chi connectivity index (χ2n) is 25.1. The molecule has 0 saturated carbocycles. The van der Waals surface area contributed by atoms with Crippen molar-refractivity contribution in [3.63, 3.8) is 0 Å². The van der Waals surface area contributed by atoms with Gasteiger partial charge in [-0.1, -0.05) is 36.4 Å². The maximum atomic E-state index is 15.4. The lowest BCUT2D eigenvalue weighted by atomic mass is 9.91. The van der Waals surface area contributed by atoms with Crippen LogP contribution in [0.3, 0.4) is 0 Å². The first-order valence-electron chi connectivity index (χ1n) is 31.1. The van der Waals surface area contributed by atoms with Crippen LogP contribution in [-0.4, -0.2) is 9.13 Å². The first-order valence-corrected chi connectivity index (χ1v) is 31.1. The molecule has 11 aromatic carbocycles. The molecule has 3 nitrogen and oxygen atoms in total. The van der Waals surface area contributed by atoms with Crippen LogP contribution < -0.4 is 0 Å². The summed E-state index contributed by atoms with van der Waals surface area (Å²) in [5.74, 6) is 0. The maximum absolute atomic E-state index is 15.4. The largest absolute Gasteiger partial charge is 0.417 e. The smallest absolute Gasteiger partial charge is 0.309 e. The molecule has 0 atom stereocenters. The maximum Gasteiger partial charge on any atom is 0.417 e. The van der Waals surface area contributed by atoms with E-state index >= 15 is 13.2 Å². The van der Waals surface area contributed by atoms with Gasteiger partial charge in [-0.25, -0.2) is 0 Å². The SMILES string of the molecule is N#Cc1ccc(-n2c3ccc(-c4cc(C(F)(F)F)cc(C(F)(F)F)c4)cc3c3cc(-c4cc(C(F)(F)F)cc(C(F)(F)F)c4)ccc32)c(-c2cc(-c3ccc(C(F)(F)F)cc3C(F)(F)F)ccc2-n2c3ccc(-c4cc(C(F)(F)F)cc(C(F)(F)F)c4)cc3c3cc(-c4cc(C(F)(F)F)cc(C(F)(F)F)c4)ccc32)c1.